The summed E-state index contributed by atoms with van der Waals surface area (Å²) < 4.78 is 5.49. The number of rotatable bonds is 10. The molecule has 0 unspecified atom stereocenters. The molecule has 0 atom stereocenters. The number of hydrogen-bond donors (Lipinski definition) is 0. The fourth-order valence-corrected chi connectivity index (χ4v) is 1.22. The monoisotopic (exact) mass is 198 g/mol. The Kier molecular flexibility index (Phi) is 29.4. The standard InChI is InChI=1S/C12H24O.2Li/c1-3-5-7-9-11-13-12-10-8-6-4-2;;/h1-12H2;;/q-2;2*+1. The largest absolute Gasteiger partial charge is 1.00 e. The molecule has 0 aromatic heterocycles. The Labute approximate surface area is 120 Å². The minimum absolute atomic E-state index is 0. The topological polar surface area (TPSA) is 9.23 Å². The molecular weight excluding hydrogens is 174 g/mol. The molecule has 15 heavy (non-hydrogen) atoms. The van der Waals surface area contributed by atoms with E-state index in [0.717, 1.165) is 26.1 Å². The smallest absolute Gasteiger partial charge is 0.381 e. The molecule has 0 rings (SSSR count). The van der Waals surface area contributed by atoms with Gasteiger partial charge in [0.15, 0.2) is 0 Å². The van der Waals surface area contributed by atoms with Crippen molar-refractivity contribution in [2.75, 3.05) is 13.2 Å². The molecule has 0 aliphatic heterocycles. The fourth-order valence-electron chi connectivity index (χ4n) is 1.22. The van der Waals surface area contributed by atoms with Crippen LogP contribution >= 0.6 is 0 Å². The van der Waals surface area contributed by atoms with Gasteiger partial charge >= 0.3 is 37.7 Å². The zero-order valence-corrected chi connectivity index (χ0v) is 10.9. The second-order valence-electron chi connectivity index (χ2n) is 3.44. The van der Waals surface area contributed by atoms with Gasteiger partial charge in [0.2, 0.25) is 0 Å². The maximum absolute atomic E-state index is 5.49. The van der Waals surface area contributed by atoms with Gasteiger partial charge in [-0.3, -0.25) is 0 Å². The van der Waals surface area contributed by atoms with Crippen molar-refractivity contribution >= 4 is 0 Å². The molecule has 0 amide bonds. The summed E-state index contributed by atoms with van der Waals surface area (Å²) in [5.74, 6) is 0. The third-order valence-corrected chi connectivity index (χ3v) is 2.08. The van der Waals surface area contributed by atoms with E-state index in [-0.39, 0.29) is 37.7 Å². The van der Waals surface area contributed by atoms with Gasteiger partial charge in [-0.2, -0.15) is 12.8 Å². The normalized spacial score (nSPS) is 9.20. The van der Waals surface area contributed by atoms with Gasteiger partial charge in [-0.05, 0) is 12.8 Å². The molecule has 0 saturated carbocycles. The van der Waals surface area contributed by atoms with Crippen molar-refractivity contribution in [3.05, 3.63) is 13.8 Å². The van der Waals surface area contributed by atoms with Crippen LogP contribution in [0.3, 0.4) is 0 Å². The molecule has 80 valence electrons. The van der Waals surface area contributed by atoms with Gasteiger partial charge in [-0.25, -0.2) is 0 Å². The van der Waals surface area contributed by atoms with Crippen LogP contribution in [0.15, 0.2) is 0 Å². The molecule has 0 aromatic carbocycles. The molecule has 0 aromatic rings. The van der Waals surface area contributed by atoms with Gasteiger partial charge in [0.25, 0.3) is 0 Å². The van der Waals surface area contributed by atoms with E-state index in [1.54, 1.807) is 0 Å². The summed E-state index contributed by atoms with van der Waals surface area (Å²) in [5.41, 5.74) is 0. The van der Waals surface area contributed by atoms with Crippen molar-refractivity contribution in [1.29, 1.82) is 0 Å². The first-order valence-corrected chi connectivity index (χ1v) is 5.58. The van der Waals surface area contributed by atoms with Crippen molar-refractivity contribution in [2.24, 2.45) is 0 Å². The number of hydrogen-bond acceptors (Lipinski definition) is 1. The summed E-state index contributed by atoms with van der Waals surface area (Å²) in [7, 11) is 0. The Balaban J connectivity index is -0.000000720. The van der Waals surface area contributed by atoms with Gasteiger partial charge in [0, 0.05) is 13.2 Å². The minimum atomic E-state index is 0. The molecule has 0 heterocycles. The number of ether oxygens (including phenoxy) is 1. The van der Waals surface area contributed by atoms with Crippen LogP contribution in [0.4, 0.5) is 0 Å². The van der Waals surface area contributed by atoms with Gasteiger partial charge in [-0.15, -0.1) is 0 Å². The first kappa shape index (κ1) is 21.4. The Morgan fingerprint density at radius 3 is 1.33 bits per heavy atom. The average molecular weight is 198 g/mol. The molecule has 0 radical (unpaired) electrons. The molecule has 0 fully saturated rings. The molecule has 0 aliphatic rings. The Morgan fingerprint density at radius 2 is 1.00 bits per heavy atom. The third kappa shape index (κ3) is 21.1. The van der Waals surface area contributed by atoms with Crippen LogP contribution in [0.1, 0.15) is 51.4 Å². The van der Waals surface area contributed by atoms with Crippen LogP contribution in [0.2, 0.25) is 0 Å². The van der Waals surface area contributed by atoms with Gasteiger partial charge in [-0.1, -0.05) is 25.7 Å². The van der Waals surface area contributed by atoms with Crippen LogP contribution in [-0.2, 0) is 4.74 Å². The maximum atomic E-state index is 5.49. The maximum Gasteiger partial charge on any atom is 1.00 e. The first-order valence-electron chi connectivity index (χ1n) is 5.58. The van der Waals surface area contributed by atoms with Crippen molar-refractivity contribution in [3.8, 4) is 0 Å². The quantitative estimate of drug-likeness (QED) is 0.220. The first-order chi connectivity index (χ1) is 6.41. The van der Waals surface area contributed by atoms with Crippen LogP contribution in [-0.4, -0.2) is 13.2 Å². The SMILES string of the molecule is [CH2-]CCCCCOCCCCC[CH2-].[Li+].[Li+]. The Bertz CT molecular complexity index is 79.7. The molecule has 1 nitrogen and oxygen atoms in total. The van der Waals surface area contributed by atoms with Gasteiger partial charge in [0.1, 0.15) is 0 Å². The zero-order chi connectivity index (χ0) is 9.78. The van der Waals surface area contributed by atoms with E-state index in [1.807, 2.05) is 0 Å². The summed E-state index contributed by atoms with van der Waals surface area (Å²) in [6.07, 6.45) is 9.53. The molecule has 0 bridgehead atoms. The van der Waals surface area contributed by atoms with E-state index in [0.29, 0.717) is 0 Å². The minimum Gasteiger partial charge on any atom is -0.381 e. The summed E-state index contributed by atoms with van der Waals surface area (Å²) in [4.78, 5) is 0. The zero-order valence-electron chi connectivity index (χ0n) is 10.9. The Hall–Kier alpha value is 1.15. The van der Waals surface area contributed by atoms with Crippen molar-refractivity contribution < 1.29 is 42.5 Å². The second-order valence-corrected chi connectivity index (χ2v) is 3.44. The van der Waals surface area contributed by atoms with E-state index in [2.05, 4.69) is 13.8 Å². The van der Waals surface area contributed by atoms with E-state index < -0.39 is 0 Å². The predicted octanol–water partition coefficient (Wildman–Crippen LogP) is -2.20. The fraction of sp³-hybridized carbons (Fsp3) is 0.833. The van der Waals surface area contributed by atoms with Crippen molar-refractivity contribution in [1.82, 2.24) is 0 Å². The summed E-state index contributed by atoms with van der Waals surface area (Å²) in [5, 5.41) is 0. The average Bonchev–Trinajstić information content (AvgIpc) is 2.16. The van der Waals surface area contributed by atoms with Crippen molar-refractivity contribution in [2.45, 2.75) is 51.4 Å². The van der Waals surface area contributed by atoms with Crippen LogP contribution in [0.5, 0.6) is 0 Å². The second kappa shape index (κ2) is 20.6. The summed E-state index contributed by atoms with van der Waals surface area (Å²) >= 11 is 0. The van der Waals surface area contributed by atoms with Gasteiger partial charge < -0.3 is 18.6 Å². The molecule has 0 aliphatic carbocycles. The van der Waals surface area contributed by atoms with Crippen LogP contribution < -0.4 is 37.7 Å². The Morgan fingerprint density at radius 1 is 0.600 bits per heavy atom. The van der Waals surface area contributed by atoms with Gasteiger partial charge in [0.05, 0.1) is 0 Å². The van der Waals surface area contributed by atoms with Crippen LogP contribution in [0.25, 0.3) is 0 Å². The third-order valence-electron chi connectivity index (χ3n) is 2.08. The van der Waals surface area contributed by atoms with E-state index in [1.165, 1.54) is 38.5 Å². The molecule has 3 heteroatoms. The summed E-state index contributed by atoms with van der Waals surface area (Å²) in [6, 6.07) is 0. The molecule has 0 spiro atoms. The van der Waals surface area contributed by atoms with Crippen LogP contribution in [0, 0.1) is 13.8 Å². The van der Waals surface area contributed by atoms with E-state index >= 15 is 0 Å². The number of unbranched alkanes of at least 4 members (excludes halogenated alkanes) is 6. The predicted molar refractivity (Wildman–Crippen MR) is 58.5 cm³/mol. The van der Waals surface area contributed by atoms with E-state index in [4.69, 9.17) is 4.74 Å². The summed E-state index contributed by atoms with van der Waals surface area (Å²) in [6.45, 7) is 9.48. The molecule has 0 N–H and O–H groups in total. The van der Waals surface area contributed by atoms with E-state index in [9.17, 15) is 0 Å². The van der Waals surface area contributed by atoms with Crippen molar-refractivity contribution in [3.63, 3.8) is 0 Å². The molecule has 0 saturated heterocycles. The molecular formula is C12H24Li2O.